The minimum atomic E-state index is -1.58. The molecule has 0 saturated carbocycles. The summed E-state index contributed by atoms with van der Waals surface area (Å²) in [5.74, 6) is 0.150. The Morgan fingerprint density at radius 1 is 1.21 bits per heavy atom. The van der Waals surface area contributed by atoms with Gasteiger partial charge in [-0.25, -0.2) is 18.6 Å². The van der Waals surface area contributed by atoms with Gasteiger partial charge in [0.15, 0.2) is 0 Å². The second kappa shape index (κ2) is 13.2. The SMILES string of the molecule is CC(C)(C)OC(=O)C(c1cc(F)cc2c1CC(C(C)(C)F)OC2)N1CC[C@@H](OCCCCc2ccc3c(n2)NCCC3)C1.[HH]. The van der Waals surface area contributed by atoms with Gasteiger partial charge < -0.3 is 19.5 Å². The van der Waals surface area contributed by atoms with Gasteiger partial charge in [0.2, 0.25) is 0 Å². The van der Waals surface area contributed by atoms with Gasteiger partial charge >= 0.3 is 5.97 Å². The van der Waals surface area contributed by atoms with Crippen molar-refractivity contribution in [3.8, 4) is 0 Å². The number of rotatable bonds is 10. The first-order valence-corrected chi connectivity index (χ1v) is 15.8. The van der Waals surface area contributed by atoms with Crippen LogP contribution in [-0.4, -0.2) is 65.6 Å². The van der Waals surface area contributed by atoms with Crippen molar-refractivity contribution < 1.29 is 29.2 Å². The molecule has 3 aliphatic heterocycles. The molecule has 3 aliphatic rings. The zero-order valence-corrected chi connectivity index (χ0v) is 26.3. The van der Waals surface area contributed by atoms with Gasteiger partial charge in [-0.05, 0) is 114 Å². The lowest BCUT2D eigenvalue weighted by atomic mass is 9.86. The molecule has 2 unspecified atom stereocenters. The quantitative estimate of drug-likeness (QED) is 0.246. The minimum absolute atomic E-state index is 0. The van der Waals surface area contributed by atoms with Crippen LogP contribution in [0.3, 0.4) is 0 Å². The number of ether oxygens (including phenoxy) is 3. The van der Waals surface area contributed by atoms with Crippen LogP contribution in [0.5, 0.6) is 0 Å². The molecule has 0 spiro atoms. The summed E-state index contributed by atoms with van der Waals surface area (Å²) in [6.07, 6.45) is 5.33. The number of hydrogen-bond acceptors (Lipinski definition) is 7. The Morgan fingerprint density at radius 2 is 2.02 bits per heavy atom. The fraction of sp³-hybridized carbons (Fsp3) is 0.647. The number of carbonyl (C=O) groups excluding carboxylic acids is 1. The molecule has 1 saturated heterocycles. The van der Waals surface area contributed by atoms with Crippen molar-refractivity contribution in [2.75, 3.05) is 31.6 Å². The molecular formula is C34H49F2N3O4. The number of likely N-dealkylation sites (tertiary alicyclic amines) is 1. The number of aromatic nitrogens is 1. The van der Waals surface area contributed by atoms with E-state index in [9.17, 15) is 13.6 Å². The zero-order chi connectivity index (χ0) is 30.8. The first-order chi connectivity index (χ1) is 20.4. The molecule has 1 N–H and O–H groups in total. The fourth-order valence-corrected chi connectivity index (χ4v) is 6.33. The summed E-state index contributed by atoms with van der Waals surface area (Å²) in [6.45, 7) is 11.3. The molecule has 1 aromatic carbocycles. The van der Waals surface area contributed by atoms with Gasteiger partial charge in [0.05, 0.1) is 18.8 Å². The number of unbranched alkanes of at least 4 members (excludes halogenated alkanes) is 1. The highest BCUT2D eigenvalue weighted by Crippen LogP contribution is 2.38. The number of carbonyl (C=O) groups is 1. The number of fused-ring (bicyclic) bond motifs is 2. The molecular weight excluding hydrogens is 552 g/mol. The fourth-order valence-electron chi connectivity index (χ4n) is 6.33. The zero-order valence-electron chi connectivity index (χ0n) is 26.3. The predicted molar refractivity (Wildman–Crippen MR) is 164 cm³/mol. The molecule has 0 amide bonds. The van der Waals surface area contributed by atoms with Gasteiger partial charge in [-0.3, -0.25) is 4.90 Å². The maximum Gasteiger partial charge on any atom is 0.328 e. The lowest BCUT2D eigenvalue weighted by Gasteiger charge is -2.36. The van der Waals surface area contributed by atoms with Crippen LogP contribution in [0.4, 0.5) is 14.6 Å². The number of nitrogens with zero attached hydrogens (tertiary/aromatic N) is 2. The van der Waals surface area contributed by atoms with Crippen molar-refractivity contribution in [2.45, 2.75) is 116 Å². The third-order valence-electron chi connectivity index (χ3n) is 8.54. The Bertz CT molecular complexity index is 1300. The molecule has 7 nitrogen and oxygen atoms in total. The van der Waals surface area contributed by atoms with Crippen molar-refractivity contribution in [1.29, 1.82) is 0 Å². The highest BCUT2D eigenvalue weighted by atomic mass is 19.1. The molecule has 3 atom stereocenters. The van der Waals surface area contributed by atoms with Crippen LogP contribution in [0.2, 0.25) is 0 Å². The monoisotopic (exact) mass is 601 g/mol. The van der Waals surface area contributed by atoms with Crippen LogP contribution in [0, 0.1) is 5.82 Å². The van der Waals surface area contributed by atoms with E-state index in [1.54, 1.807) is 0 Å². The van der Waals surface area contributed by atoms with Gasteiger partial charge in [-0.15, -0.1) is 0 Å². The van der Waals surface area contributed by atoms with Crippen molar-refractivity contribution in [3.63, 3.8) is 0 Å². The number of aryl methyl sites for hydroxylation is 2. The van der Waals surface area contributed by atoms with Gasteiger partial charge in [0, 0.05) is 39.8 Å². The molecule has 9 heteroatoms. The molecule has 43 heavy (non-hydrogen) atoms. The van der Waals surface area contributed by atoms with E-state index in [4.69, 9.17) is 19.2 Å². The Balaban J connectivity index is 0.00000442. The number of pyridine rings is 1. The van der Waals surface area contributed by atoms with Crippen molar-refractivity contribution in [2.24, 2.45) is 0 Å². The summed E-state index contributed by atoms with van der Waals surface area (Å²) in [6, 6.07) is 6.35. The van der Waals surface area contributed by atoms with Gasteiger partial charge in [-0.2, -0.15) is 0 Å². The van der Waals surface area contributed by atoms with Gasteiger partial charge in [-0.1, -0.05) is 6.07 Å². The second-order valence-electron chi connectivity index (χ2n) is 13.7. The smallest absolute Gasteiger partial charge is 0.328 e. The molecule has 2 aromatic rings. The van der Waals surface area contributed by atoms with E-state index in [0.29, 0.717) is 30.8 Å². The van der Waals surface area contributed by atoms with Crippen molar-refractivity contribution >= 4 is 11.8 Å². The first-order valence-electron chi connectivity index (χ1n) is 15.8. The third kappa shape index (κ3) is 8.11. The van der Waals surface area contributed by atoms with Crippen LogP contribution in [0.1, 0.15) is 95.7 Å². The summed E-state index contributed by atoms with van der Waals surface area (Å²) < 4.78 is 47.7. The molecule has 4 heterocycles. The van der Waals surface area contributed by atoms with Crippen LogP contribution < -0.4 is 5.32 Å². The number of benzene rings is 1. The Hall–Kier alpha value is -2.62. The Kier molecular flexibility index (Phi) is 9.73. The largest absolute Gasteiger partial charge is 0.459 e. The van der Waals surface area contributed by atoms with E-state index >= 15 is 0 Å². The molecule has 0 aliphatic carbocycles. The Labute approximate surface area is 256 Å². The van der Waals surface area contributed by atoms with Crippen LogP contribution in [0.25, 0.3) is 0 Å². The van der Waals surface area contributed by atoms with Crippen LogP contribution in [0.15, 0.2) is 24.3 Å². The highest BCUT2D eigenvalue weighted by Gasteiger charge is 2.41. The summed E-state index contributed by atoms with van der Waals surface area (Å²) in [4.78, 5) is 20.5. The highest BCUT2D eigenvalue weighted by molar-refractivity contribution is 5.79. The number of halogens is 2. The molecule has 238 valence electrons. The number of anilines is 1. The van der Waals surface area contributed by atoms with Gasteiger partial charge in [0.1, 0.15) is 28.9 Å². The minimum Gasteiger partial charge on any atom is -0.459 e. The lowest BCUT2D eigenvalue weighted by molar-refractivity contribution is -0.161. The van der Waals surface area contributed by atoms with Gasteiger partial charge in [0.25, 0.3) is 0 Å². The van der Waals surface area contributed by atoms with E-state index in [1.807, 2.05) is 25.7 Å². The normalized spacial score (nSPS) is 21.6. The summed E-state index contributed by atoms with van der Waals surface area (Å²) in [5.41, 5.74) is 2.07. The summed E-state index contributed by atoms with van der Waals surface area (Å²) in [7, 11) is 0. The van der Waals surface area contributed by atoms with Crippen LogP contribution >= 0.6 is 0 Å². The molecule has 1 aromatic heterocycles. The lowest BCUT2D eigenvalue weighted by Crippen LogP contribution is -2.41. The van der Waals surface area contributed by atoms with E-state index in [-0.39, 0.29) is 20.6 Å². The topological polar surface area (TPSA) is 72.9 Å². The van der Waals surface area contributed by atoms with Crippen molar-refractivity contribution in [3.05, 3.63) is 58.0 Å². The van der Waals surface area contributed by atoms with Crippen molar-refractivity contribution in [1.82, 2.24) is 9.88 Å². The average Bonchev–Trinajstić information content (AvgIpc) is 3.39. The number of nitrogens with one attached hydrogen (secondary N) is 1. The number of esters is 1. The second-order valence-corrected chi connectivity index (χ2v) is 13.7. The third-order valence-corrected chi connectivity index (χ3v) is 8.54. The first kappa shape index (κ1) is 31.8. The maximum atomic E-state index is 14.9. The predicted octanol–water partition coefficient (Wildman–Crippen LogP) is 6.51. The number of alkyl halides is 1. The molecule has 1 fully saturated rings. The van der Waals surface area contributed by atoms with E-state index in [2.05, 4.69) is 17.4 Å². The Morgan fingerprint density at radius 3 is 2.79 bits per heavy atom. The van der Waals surface area contributed by atoms with E-state index < -0.39 is 35.2 Å². The molecule has 0 radical (unpaired) electrons. The maximum absolute atomic E-state index is 14.9. The molecule has 5 rings (SSSR count). The van der Waals surface area contributed by atoms with E-state index in [1.165, 1.54) is 31.5 Å². The standard InChI is InChI=1S/C34H47F2N3O4.H2/c1-33(2,3)43-32(40)30(28-18-24(35)17-23-21-42-29(19-27(23)28)34(4,5)36)39-15-13-26(20-39)41-16-7-6-10-25-12-11-22-9-8-14-37-31(22)38-25;/h11-12,17-18,26,29-30H,6-10,13-16,19-21H2,1-5H3,(H,37,38);1H/t26-,29?,30?;/m1./s1. The molecule has 0 bridgehead atoms. The number of hydrogen-bond donors (Lipinski definition) is 1. The average molecular weight is 602 g/mol. The summed E-state index contributed by atoms with van der Waals surface area (Å²) in [5, 5.41) is 3.40. The van der Waals surface area contributed by atoms with E-state index in [0.717, 1.165) is 62.1 Å². The summed E-state index contributed by atoms with van der Waals surface area (Å²) >= 11 is 0. The van der Waals surface area contributed by atoms with Crippen LogP contribution in [-0.2, 0) is 44.9 Å².